The monoisotopic (exact) mass is 236 g/mol. The first-order chi connectivity index (χ1) is 8.30. The van der Waals surface area contributed by atoms with Crippen molar-refractivity contribution in [3.63, 3.8) is 0 Å². The van der Waals surface area contributed by atoms with Gasteiger partial charge in [0.05, 0.1) is 25.7 Å². The van der Waals surface area contributed by atoms with Crippen LogP contribution in [0.15, 0.2) is 25.3 Å². The predicted octanol–water partition coefficient (Wildman–Crippen LogP) is 2.91. The van der Waals surface area contributed by atoms with Crippen LogP contribution in [0, 0.1) is 0 Å². The third kappa shape index (κ3) is 3.20. The van der Waals surface area contributed by atoms with Crippen LogP contribution in [0.3, 0.4) is 0 Å². The smallest absolute Gasteiger partial charge is 0.130 e. The highest BCUT2D eigenvalue weighted by Crippen LogP contribution is 2.31. The standard InChI is InChI=1S/C15H26NO/c1-3-10-16(11-4-2,12-15-13-17-15)14-8-6-5-7-9-14/h3-4,14-15H,1-2,5-13H2/q+1. The number of hydrogen-bond donors (Lipinski definition) is 0. The Morgan fingerprint density at radius 2 is 1.65 bits per heavy atom. The maximum absolute atomic E-state index is 5.46. The average molecular weight is 236 g/mol. The molecular weight excluding hydrogens is 210 g/mol. The Balaban J connectivity index is 2.10. The number of epoxide rings is 1. The number of nitrogens with zero attached hydrogens (tertiary/aromatic N) is 1. The average Bonchev–Trinajstić information content (AvgIpc) is 3.15. The molecule has 1 aliphatic heterocycles. The number of quaternary nitrogens is 1. The van der Waals surface area contributed by atoms with Crippen LogP contribution in [-0.2, 0) is 4.74 Å². The van der Waals surface area contributed by atoms with Crippen LogP contribution < -0.4 is 0 Å². The zero-order chi connectivity index (χ0) is 12.1. The Morgan fingerprint density at radius 3 is 2.12 bits per heavy atom. The lowest BCUT2D eigenvalue weighted by molar-refractivity contribution is -0.942. The Morgan fingerprint density at radius 1 is 1.06 bits per heavy atom. The lowest BCUT2D eigenvalue weighted by atomic mass is 9.91. The molecule has 0 bridgehead atoms. The molecule has 0 N–H and O–H groups in total. The highest BCUT2D eigenvalue weighted by Gasteiger charge is 2.41. The fourth-order valence-corrected chi connectivity index (χ4v) is 3.39. The maximum atomic E-state index is 5.46. The highest BCUT2D eigenvalue weighted by molar-refractivity contribution is 4.81. The zero-order valence-electron chi connectivity index (χ0n) is 10.9. The highest BCUT2D eigenvalue weighted by atomic mass is 16.6. The van der Waals surface area contributed by atoms with Crippen molar-refractivity contribution in [2.45, 2.75) is 44.2 Å². The minimum atomic E-state index is 0.497. The van der Waals surface area contributed by atoms with Gasteiger partial charge in [-0.05, 0) is 37.8 Å². The Kier molecular flexibility index (Phi) is 4.41. The molecule has 0 spiro atoms. The van der Waals surface area contributed by atoms with Crippen LogP contribution in [0.2, 0.25) is 0 Å². The molecule has 0 amide bonds. The normalized spacial score (nSPS) is 25.5. The Hall–Kier alpha value is -0.600. The lowest BCUT2D eigenvalue weighted by Crippen LogP contribution is -2.58. The van der Waals surface area contributed by atoms with Gasteiger partial charge in [0, 0.05) is 0 Å². The topological polar surface area (TPSA) is 12.5 Å². The zero-order valence-corrected chi connectivity index (χ0v) is 10.9. The second-order valence-electron chi connectivity index (χ2n) is 5.59. The molecule has 0 aromatic rings. The predicted molar refractivity (Wildman–Crippen MR) is 71.9 cm³/mol. The summed E-state index contributed by atoms with van der Waals surface area (Å²) in [4.78, 5) is 0. The van der Waals surface area contributed by atoms with Crippen LogP contribution in [0.5, 0.6) is 0 Å². The van der Waals surface area contributed by atoms with E-state index in [0.717, 1.165) is 36.8 Å². The minimum Gasteiger partial charge on any atom is -0.367 e. The second-order valence-corrected chi connectivity index (χ2v) is 5.59. The molecule has 2 heteroatoms. The first kappa shape index (κ1) is 12.8. The summed E-state index contributed by atoms with van der Waals surface area (Å²) < 4.78 is 6.60. The van der Waals surface area contributed by atoms with E-state index in [4.69, 9.17) is 4.74 Å². The van der Waals surface area contributed by atoms with E-state index < -0.39 is 0 Å². The van der Waals surface area contributed by atoms with Crippen molar-refractivity contribution in [1.82, 2.24) is 0 Å². The van der Waals surface area contributed by atoms with E-state index in [2.05, 4.69) is 25.3 Å². The molecular formula is C15H26NO+. The summed E-state index contributed by atoms with van der Waals surface area (Å²) in [6.07, 6.45) is 11.6. The summed E-state index contributed by atoms with van der Waals surface area (Å²) >= 11 is 0. The Bertz CT molecular complexity index is 254. The van der Waals surface area contributed by atoms with Gasteiger partial charge in [-0.1, -0.05) is 19.6 Å². The second kappa shape index (κ2) is 5.83. The van der Waals surface area contributed by atoms with Gasteiger partial charge in [0.25, 0.3) is 0 Å². The van der Waals surface area contributed by atoms with Crippen molar-refractivity contribution in [2.75, 3.05) is 26.2 Å². The number of hydrogen-bond acceptors (Lipinski definition) is 1. The molecule has 1 saturated heterocycles. The maximum Gasteiger partial charge on any atom is 0.130 e. The summed E-state index contributed by atoms with van der Waals surface area (Å²) in [5, 5.41) is 0. The first-order valence-electron chi connectivity index (χ1n) is 7.00. The molecule has 2 aliphatic rings. The Labute approximate surface area is 106 Å². The molecule has 0 radical (unpaired) electrons. The van der Waals surface area contributed by atoms with E-state index in [1.165, 1.54) is 32.1 Å². The van der Waals surface area contributed by atoms with Crippen molar-refractivity contribution >= 4 is 0 Å². The summed E-state index contributed by atoms with van der Waals surface area (Å²) in [6, 6.07) is 0.795. The van der Waals surface area contributed by atoms with E-state index in [-0.39, 0.29) is 0 Å². The molecule has 1 unspecified atom stereocenters. The van der Waals surface area contributed by atoms with Crippen molar-refractivity contribution in [1.29, 1.82) is 0 Å². The summed E-state index contributed by atoms with van der Waals surface area (Å²) in [5.41, 5.74) is 0. The molecule has 96 valence electrons. The molecule has 0 aromatic carbocycles. The van der Waals surface area contributed by atoms with Gasteiger partial charge in [-0.15, -0.1) is 0 Å². The van der Waals surface area contributed by atoms with E-state index in [9.17, 15) is 0 Å². The quantitative estimate of drug-likeness (QED) is 0.376. The van der Waals surface area contributed by atoms with Crippen molar-refractivity contribution < 1.29 is 9.22 Å². The third-order valence-corrected chi connectivity index (χ3v) is 4.30. The minimum absolute atomic E-state index is 0.497. The van der Waals surface area contributed by atoms with Gasteiger partial charge in [-0.2, -0.15) is 0 Å². The van der Waals surface area contributed by atoms with Crippen LogP contribution in [0.25, 0.3) is 0 Å². The molecule has 1 saturated carbocycles. The molecule has 1 aliphatic carbocycles. The number of ether oxygens (including phenoxy) is 1. The molecule has 17 heavy (non-hydrogen) atoms. The van der Waals surface area contributed by atoms with Crippen molar-refractivity contribution in [3.8, 4) is 0 Å². The van der Waals surface area contributed by atoms with Gasteiger partial charge in [-0.3, -0.25) is 0 Å². The summed E-state index contributed by atoms with van der Waals surface area (Å²) in [6.45, 7) is 12.2. The van der Waals surface area contributed by atoms with Crippen LogP contribution in [-0.4, -0.2) is 42.9 Å². The van der Waals surface area contributed by atoms with Crippen LogP contribution in [0.4, 0.5) is 0 Å². The van der Waals surface area contributed by atoms with Gasteiger partial charge in [-0.25, -0.2) is 0 Å². The van der Waals surface area contributed by atoms with E-state index in [1.807, 2.05) is 0 Å². The molecule has 2 fully saturated rings. The van der Waals surface area contributed by atoms with Gasteiger partial charge in [0.2, 0.25) is 0 Å². The van der Waals surface area contributed by atoms with Gasteiger partial charge < -0.3 is 9.22 Å². The molecule has 0 aromatic heterocycles. The summed E-state index contributed by atoms with van der Waals surface area (Å²) in [5.74, 6) is 0. The largest absolute Gasteiger partial charge is 0.367 e. The molecule has 2 nitrogen and oxygen atoms in total. The lowest BCUT2D eigenvalue weighted by Gasteiger charge is -2.45. The fraction of sp³-hybridized carbons (Fsp3) is 0.733. The van der Waals surface area contributed by atoms with Crippen LogP contribution in [0.1, 0.15) is 32.1 Å². The first-order valence-corrected chi connectivity index (χ1v) is 7.00. The molecule has 1 heterocycles. The molecule has 2 rings (SSSR count). The number of rotatable bonds is 7. The SMILES string of the molecule is C=CC[N+](CC=C)(CC1CO1)C1CCCCC1. The van der Waals surface area contributed by atoms with Gasteiger partial charge >= 0.3 is 0 Å². The van der Waals surface area contributed by atoms with Gasteiger partial charge in [0.1, 0.15) is 12.6 Å². The van der Waals surface area contributed by atoms with Gasteiger partial charge in [0.15, 0.2) is 0 Å². The van der Waals surface area contributed by atoms with Crippen molar-refractivity contribution in [2.24, 2.45) is 0 Å². The fourth-order valence-electron chi connectivity index (χ4n) is 3.39. The summed E-state index contributed by atoms with van der Waals surface area (Å²) in [7, 11) is 0. The third-order valence-electron chi connectivity index (χ3n) is 4.30. The van der Waals surface area contributed by atoms with E-state index >= 15 is 0 Å². The van der Waals surface area contributed by atoms with Crippen LogP contribution >= 0.6 is 0 Å². The van der Waals surface area contributed by atoms with E-state index in [0.29, 0.717) is 6.10 Å². The van der Waals surface area contributed by atoms with E-state index in [1.54, 1.807) is 0 Å². The van der Waals surface area contributed by atoms with Crippen molar-refractivity contribution in [3.05, 3.63) is 25.3 Å². The molecule has 1 atom stereocenters.